The van der Waals surface area contributed by atoms with Crippen molar-refractivity contribution in [1.29, 1.82) is 0 Å². The van der Waals surface area contributed by atoms with Crippen LogP contribution < -0.4 is 0 Å². The van der Waals surface area contributed by atoms with E-state index in [-0.39, 0.29) is 12.6 Å². The van der Waals surface area contributed by atoms with E-state index in [2.05, 4.69) is 0 Å². The van der Waals surface area contributed by atoms with Crippen LogP contribution in [0.4, 0.5) is 0 Å². The minimum absolute atomic E-state index is 0.0797. The normalized spacial score (nSPS) is 12.5. The molecule has 1 atom stereocenters. The summed E-state index contributed by atoms with van der Waals surface area (Å²) in [5, 5.41) is 9.16. The first kappa shape index (κ1) is 15.3. The second kappa shape index (κ2) is 7.61. The molecule has 1 aromatic heterocycles. The van der Waals surface area contributed by atoms with Gasteiger partial charge in [0, 0.05) is 13.7 Å². The maximum absolute atomic E-state index is 11.2. The summed E-state index contributed by atoms with van der Waals surface area (Å²) < 4.78 is 10.6. The zero-order valence-electron chi connectivity index (χ0n) is 11.9. The van der Waals surface area contributed by atoms with Crippen LogP contribution in [-0.4, -0.2) is 42.8 Å². The highest BCUT2D eigenvalue weighted by molar-refractivity contribution is 5.69. The lowest BCUT2D eigenvalue weighted by molar-refractivity contribution is -0.139. The molecule has 0 bridgehead atoms. The van der Waals surface area contributed by atoms with Crippen LogP contribution in [-0.2, 0) is 9.53 Å². The molecule has 0 fully saturated rings. The van der Waals surface area contributed by atoms with Crippen molar-refractivity contribution in [2.75, 3.05) is 26.8 Å². The minimum Gasteiger partial charge on any atom is -0.480 e. The monoisotopic (exact) mass is 289 g/mol. The van der Waals surface area contributed by atoms with Crippen LogP contribution in [0.1, 0.15) is 17.4 Å². The Labute approximate surface area is 123 Å². The molecule has 0 amide bonds. The van der Waals surface area contributed by atoms with Crippen molar-refractivity contribution in [1.82, 2.24) is 4.90 Å². The van der Waals surface area contributed by atoms with E-state index in [0.717, 1.165) is 11.3 Å². The topological polar surface area (TPSA) is 62.9 Å². The van der Waals surface area contributed by atoms with Crippen molar-refractivity contribution in [3.63, 3.8) is 0 Å². The molecule has 0 saturated heterocycles. The van der Waals surface area contributed by atoms with Crippen LogP contribution in [0.25, 0.3) is 0 Å². The Balaban J connectivity index is 2.33. The van der Waals surface area contributed by atoms with Gasteiger partial charge in [-0.25, -0.2) is 0 Å². The number of nitrogens with zero attached hydrogens (tertiary/aromatic N) is 1. The first-order valence-electron chi connectivity index (χ1n) is 6.75. The Bertz CT molecular complexity index is 539. The zero-order valence-corrected chi connectivity index (χ0v) is 11.9. The predicted molar refractivity (Wildman–Crippen MR) is 78.1 cm³/mol. The third-order valence-corrected chi connectivity index (χ3v) is 3.21. The van der Waals surface area contributed by atoms with Gasteiger partial charge in [-0.3, -0.25) is 9.69 Å². The molecule has 0 aliphatic rings. The molecule has 5 nitrogen and oxygen atoms in total. The molecular formula is C16H19NO4. The van der Waals surface area contributed by atoms with E-state index in [9.17, 15) is 4.79 Å². The first-order chi connectivity index (χ1) is 10.2. The molecule has 0 saturated carbocycles. The summed E-state index contributed by atoms with van der Waals surface area (Å²) in [6.07, 6.45) is 1.60. The first-order valence-corrected chi connectivity index (χ1v) is 6.75. The van der Waals surface area contributed by atoms with Gasteiger partial charge in [0.1, 0.15) is 5.76 Å². The molecule has 1 N–H and O–H groups in total. The predicted octanol–water partition coefficient (Wildman–Crippen LogP) is 2.40. The minimum atomic E-state index is -0.876. The summed E-state index contributed by atoms with van der Waals surface area (Å²) in [6.45, 7) is 0.879. The number of ether oxygens (including phenoxy) is 1. The van der Waals surface area contributed by atoms with E-state index in [4.69, 9.17) is 14.3 Å². The summed E-state index contributed by atoms with van der Waals surface area (Å²) in [7, 11) is 1.60. The lowest BCUT2D eigenvalue weighted by atomic mass is 10.0. The zero-order chi connectivity index (χ0) is 15.1. The molecule has 1 aromatic carbocycles. The molecule has 5 heteroatoms. The van der Waals surface area contributed by atoms with Crippen molar-refractivity contribution in [2.24, 2.45) is 0 Å². The van der Waals surface area contributed by atoms with Gasteiger partial charge in [0.15, 0.2) is 0 Å². The summed E-state index contributed by atoms with van der Waals surface area (Å²) in [4.78, 5) is 13.0. The number of furan rings is 1. The van der Waals surface area contributed by atoms with Gasteiger partial charge in [-0.2, -0.15) is 0 Å². The van der Waals surface area contributed by atoms with Gasteiger partial charge in [-0.1, -0.05) is 30.3 Å². The van der Waals surface area contributed by atoms with Crippen molar-refractivity contribution in [3.8, 4) is 0 Å². The number of carboxylic acids is 1. The van der Waals surface area contributed by atoms with Crippen LogP contribution in [0, 0.1) is 0 Å². The lowest BCUT2D eigenvalue weighted by Crippen LogP contribution is -2.36. The van der Waals surface area contributed by atoms with Crippen LogP contribution in [0.3, 0.4) is 0 Å². The molecule has 0 spiro atoms. The van der Waals surface area contributed by atoms with E-state index in [1.54, 1.807) is 19.4 Å². The van der Waals surface area contributed by atoms with Gasteiger partial charge >= 0.3 is 5.97 Å². The van der Waals surface area contributed by atoms with E-state index in [1.165, 1.54) is 0 Å². The molecule has 2 aromatic rings. The largest absolute Gasteiger partial charge is 0.480 e. The third kappa shape index (κ3) is 4.18. The Morgan fingerprint density at radius 2 is 2.05 bits per heavy atom. The number of rotatable bonds is 8. The number of hydrogen-bond donors (Lipinski definition) is 1. The summed E-state index contributed by atoms with van der Waals surface area (Å²) >= 11 is 0. The van der Waals surface area contributed by atoms with Gasteiger partial charge in [0.05, 0.1) is 25.5 Å². The average molecular weight is 289 g/mol. The SMILES string of the molecule is COCCN(CC(=O)O)C(c1ccccc1)c1ccco1. The van der Waals surface area contributed by atoms with Crippen molar-refractivity contribution in [2.45, 2.75) is 6.04 Å². The van der Waals surface area contributed by atoms with Gasteiger partial charge in [-0.15, -0.1) is 0 Å². The van der Waals surface area contributed by atoms with Crippen LogP contribution in [0.2, 0.25) is 0 Å². The van der Waals surface area contributed by atoms with E-state index < -0.39 is 5.97 Å². The molecule has 0 aliphatic heterocycles. The molecule has 21 heavy (non-hydrogen) atoms. The van der Waals surface area contributed by atoms with Gasteiger partial charge in [0.2, 0.25) is 0 Å². The lowest BCUT2D eigenvalue weighted by Gasteiger charge is -2.29. The average Bonchev–Trinajstić information content (AvgIpc) is 2.99. The maximum Gasteiger partial charge on any atom is 0.317 e. The molecule has 1 unspecified atom stereocenters. The van der Waals surface area contributed by atoms with Crippen LogP contribution in [0.5, 0.6) is 0 Å². The molecule has 0 aliphatic carbocycles. The van der Waals surface area contributed by atoms with E-state index in [1.807, 2.05) is 41.3 Å². The molecule has 2 rings (SSSR count). The number of methoxy groups -OCH3 is 1. The Hall–Kier alpha value is -2.11. The fourth-order valence-corrected chi connectivity index (χ4v) is 2.32. The van der Waals surface area contributed by atoms with Crippen molar-refractivity contribution < 1.29 is 19.1 Å². The fourth-order valence-electron chi connectivity index (χ4n) is 2.32. The second-order valence-corrected chi connectivity index (χ2v) is 4.69. The summed E-state index contributed by atoms with van der Waals surface area (Å²) in [6, 6.07) is 13.1. The quantitative estimate of drug-likeness (QED) is 0.808. The van der Waals surface area contributed by atoms with Crippen molar-refractivity contribution >= 4 is 5.97 Å². The molecular weight excluding hydrogens is 270 g/mol. The van der Waals surface area contributed by atoms with E-state index in [0.29, 0.717) is 13.2 Å². The number of benzene rings is 1. The van der Waals surface area contributed by atoms with Gasteiger partial charge in [-0.05, 0) is 17.7 Å². The summed E-state index contributed by atoms with van der Waals surface area (Å²) in [5.41, 5.74) is 0.991. The molecule has 112 valence electrons. The van der Waals surface area contributed by atoms with Gasteiger partial charge < -0.3 is 14.3 Å². The van der Waals surface area contributed by atoms with Gasteiger partial charge in [0.25, 0.3) is 0 Å². The fraction of sp³-hybridized carbons (Fsp3) is 0.312. The Kier molecular flexibility index (Phi) is 5.54. The summed E-state index contributed by atoms with van der Waals surface area (Å²) in [5.74, 6) is -0.155. The molecule has 1 heterocycles. The number of hydrogen-bond acceptors (Lipinski definition) is 4. The Morgan fingerprint density at radius 1 is 1.29 bits per heavy atom. The Morgan fingerprint density at radius 3 is 2.62 bits per heavy atom. The second-order valence-electron chi connectivity index (χ2n) is 4.69. The number of carboxylic acid groups (broad SMARTS) is 1. The standard InChI is InChI=1S/C16H19NO4/c1-20-11-9-17(12-15(18)19)16(14-8-5-10-21-14)13-6-3-2-4-7-13/h2-8,10,16H,9,11-12H2,1H3,(H,18,19). The highest BCUT2D eigenvalue weighted by Crippen LogP contribution is 2.28. The van der Waals surface area contributed by atoms with Crippen LogP contribution in [0.15, 0.2) is 53.1 Å². The van der Waals surface area contributed by atoms with Crippen LogP contribution >= 0.6 is 0 Å². The van der Waals surface area contributed by atoms with E-state index >= 15 is 0 Å². The molecule has 0 radical (unpaired) electrons. The number of carbonyl (C=O) groups is 1. The smallest absolute Gasteiger partial charge is 0.317 e. The highest BCUT2D eigenvalue weighted by atomic mass is 16.5. The number of aliphatic carboxylic acids is 1. The highest BCUT2D eigenvalue weighted by Gasteiger charge is 2.26. The van der Waals surface area contributed by atoms with Crippen molar-refractivity contribution in [3.05, 3.63) is 60.1 Å². The maximum atomic E-state index is 11.2. The third-order valence-electron chi connectivity index (χ3n) is 3.21.